The van der Waals surface area contributed by atoms with Crippen molar-refractivity contribution in [1.82, 2.24) is 5.32 Å². The molecule has 0 fully saturated rings. The highest BCUT2D eigenvalue weighted by Gasteiger charge is 2.24. The average molecular weight is 280 g/mol. The zero-order valence-corrected chi connectivity index (χ0v) is 12.0. The second kappa shape index (κ2) is 6.90. The number of carbonyl (C=O) groups excluding carboxylic acids is 1. The predicted octanol–water partition coefficient (Wildman–Crippen LogP) is 0.0956. The molecule has 7 heteroatoms. The maximum atomic E-state index is 11.7. The minimum Gasteiger partial charge on any atom is -0.393 e. The topological polar surface area (TPSA) is 89.3 Å². The van der Waals surface area contributed by atoms with E-state index in [1.165, 1.54) is 0 Å². The van der Waals surface area contributed by atoms with Crippen molar-refractivity contribution in [3.05, 3.63) is 0 Å². The van der Waals surface area contributed by atoms with Crippen molar-refractivity contribution in [2.24, 2.45) is 17.6 Å². The third-order valence-corrected chi connectivity index (χ3v) is 4.37. The molecule has 0 saturated heterocycles. The number of nitrogens with two attached hydrogens (primary N) is 1. The molecule has 0 heterocycles. The lowest BCUT2D eigenvalue weighted by molar-refractivity contribution is -0.123. The number of carbonyl (C=O) groups is 1. The van der Waals surface area contributed by atoms with Crippen molar-refractivity contribution in [2.75, 3.05) is 18.1 Å². The van der Waals surface area contributed by atoms with Crippen molar-refractivity contribution in [3.63, 3.8) is 0 Å². The van der Waals surface area contributed by atoms with Crippen molar-refractivity contribution in [3.8, 4) is 0 Å². The van der Waals surface area contributed by atoms with Gasteiger partial charge in [-0.15, -0.1) is 0 Å². The number of hydrogen-bond donors (Lipinski definition) is 2. The number of rotatable bonds is 7. The Bertz CT molecular complexity index is 377. The van der Waals surface area contributed by atoms with Gasteiger partial charge in [-0.1, -0.05) is 33.0 Å². The number of sulfone groups is 1. The molecule has 5 nitrogen and oxygen atoms in total. The summed E-state index contributed by atoms with van der Waals surface area (Å²) in [5.74, 6) is -0.841. The minimum atomic E-state index is -3.06. The first-order valence-electron chi connectivity index (χ1n) is 5.48. The van der Waals surface area contributed by atoms with Crippen LogP contribution in [-0.4, -0.2) is 37.4 Å². The van der Waals surface area contributed by atoms with Gasteiger partial charge in [-0.05, 0) is 5.92 Å². The van der Waals surface area contributed by atoms with Gasteiger partial charge >= 0.3 is 0 Å². The summed E-state index contributed by atoms with van der Waals surface area (Å²) in [6.45, 7) is 5.35. The van der Waals surface area contributed by atoms with Gasteiger partial charge in [0.15, 0.2) is 9.84 Å². The molecule has 0 spiro atoms. The van der Waals surface area contributed by atoms with E-state index >= 15 is 0 Å². The van der Waals surface area contributed by atoms with Gasteiger partial charge in [0.1, 0.15) is 0 Å². The summed E-state index contributed by atoms with van der Waals surface area (Å²) >= 11 is 4.81. The van der Waals surface area contributed by atoms with Gasteiger partial charge in [-0.25, -0.2) is 8.42 Å². The fourth-order valence-electron chi connectivity index (χ4n) is 1.34. The van der Waals surface area contributed by atoms with Crippen LogP contribution in [0.4, 0.5) is 0 Å². The molecule has 0 bridgehead atoms. The number of nitrogens with one attached hydrogen (secondary N) is 1. The first-order chi connectivity index (χ1) is 7.71. The standard InChI is InChI=1S/C10H20N2O3S2/c1-4-17(14,15)6-5-12-10(13)8(7(2)3)9(11)16/h7-8H,4-6H2,1-3H3,(H2,11,16)(H,12,13). The molecule has 1 atom stereocenters. The molecule has 0 aliphatic carbocycles. The molecule has 0 aromatic carbocycles. The van der Waals surface area contributed by atoms with E-state index in [0.29, 0.717) is 0 Å². The lowest BCUT2D eigenvalue weighted by atomic mass is 9.95. The van der Waals surface area contributed by atoms with E-state index < -0.39 is 15.8 Å². The van der Waals surface area contributed by atoms with Crippen molar-refractivity contribution >= 4 is 33.0 Å². The fraction of sp³-hybridized carbons (Fsp3) is 0.800. The van der Waals surface area contributed by atoms with Crippen LogP contribution in [0.15, 0.2) is 0 Å². The van der Waals surface area contributed by atoms with Crippen LogP contribution in [0, 0.1) is 11.8 Å². The Morgan fingerprint density at radius 3 is 2.29 bits per heavy atom. The van der Waals surface area contributed by atoms with Gasteiger partial charge < -0.3 is 11.1 Å². The molecule has 17 heavy (non-hydrogen) atoms. The summed E-state index contributed by atoms with van der Waals surface area (Å²) in [6, 6.07) is 0. The summed E-state index contributed by atoms with van der Waals surface area (Å²) < 4.78 is 22.4. The SMILES string of the molecule is CCS(=O)(=O)CCNC(=O)C(C(N)=S)C(C)C. The smallest absolute Gasteiger partial charge is 0.230 e. The van der Waals surface area contributed by atoms with Gasteiger partial charge in [0, 0.05) is 12.3 Å². The molecule has 0 radical (unpaired) electrons. The summed E-state index contributed by atoms with van der Waals surface area (Å²) in [5.41, 5.74) is 5.47. The average Bonchev–Trinajstić information content (AvgIpc) is 2.16. The van der Waals surface area contributed by atoms with E-state index in [9.17, 15) is 13.2 Å². The molecule has 0 aromatic rings. The monoisotopic (exact) mass is 280 g/mol. The Labute approximate surface area is 108 Å². The van der Waals surface area contributed by atoms with Crippen LogP contribution in [0.1, 0.15) is 20.8 Å². The highest BCUT2D eigenvalue weighted by molar-refractivity contribution is 7.91. The number of hydrogen-bond acceptors (Lipinski definition) is 4. The van der Waals surface area contributed by atoms with E-state index in [-0.39, 0.29) is 34.9 Å². The van der Waals surface area contributed by atoms with Gasteiger partial charge in [-0.3, -0.25) is 4.79 Å². The van der Waals surface area contributed by atoms with Crippen LogP contribution < -0.4 is 11.1 Å². The van der Waals surface area contributed by atoms with Crippen LogP contribution in [0.5, 0.6) is 0 Å². The van der Waals surface area contributed by atoms with Crippen molar-refractivity contribution < 1.29 is 13.2 Å². The summed E-state index contributed by atoms with van der Waals surface area (Å²) in [6.07, 6.45) is 0. The first-order valence-corrected chi connectivity index (χ1v) is 7.71. The van der Waals surface area contributed by atoms with Gasteiger partial charge in [0.05, 0.1) is 16.7 Å². The quantitative estimate of drug-likeness (QED) is 0.645. The Morgan fingerprint density at radius 2 is 1.94 bits per heavy atom. The summed E-state index contributed by atoms with van der Waals surface area (Å²) in [4.78, 5) is 11.9. The predicted molar refractivity (Wildman–Crippen MR) is 72.5 cm³/mol. The lowest BCUT2D eigenvalue weighted by Gasteiger charge is -2.18. The maximum Gasteiger partial charge on any atom is 0.230 e. The molecule has 0 aliphatic rings. The highest BCUT2D eigenvalue weighted by atomic mass is 32.2. The second-order valence-electron chi connectivity index (χ2n) is 4.15. The van der Waals surface area contributed by atoms with E-state index in [2.05, 4.69) is 5.32 Å². The maximum absolute atomic E-state index is 11.7. The summed E-state index contributed by atoms with van der Waals surface area (Å²) in [5, 5.41) is 2.55. The van der Waals surface area contributed by atoms with Crippen LogP contribution in [0.2, 0.25) is 0 Å². The fourth-order valence-corrected chi connectivity index (χ4v) is 2.43. The normalized spacial score (nSPS) is 13.4. The Hall–Kier alpha value is -0.690. The number of amides is 1. The molecule has 0 saturated carbocycles. The zero-order valence-electron chi connectivity index (χ0n) is 10.4. The third kappa shape index (κ3) is 5.97. The Kier molecular flexibility index (Phi) is 6.62. The number of thiocarbonyl (C=S) groups is 1. The molecule has 1 unspecified atom stereocenters. The van der Waals surface area contributed by atoms with Crippen LogP contribution >= 0.6 is 12.2 Å². The highest BCUT2D eigenvalue weighted by Crippen LogP contribution is 2.11. The van der Waals surface area contributed by atoms with Gasteiger partial charge in [0.2, 0.25) is 5.91 Å². The molecule has 3 N–H and O–H groups in total. The molecular weight excluding hydrogens is 260 g/mol. The molecule has 100 valence electrons. The van der Waals surface area contributed by atoms with E-state index in [1.807, 2.05) is 13.8 Å². The molecule has 0 aliphatic heterocycles. The molecule has 1 amide bonds. The van der Waals surface area contributed by atoms with E-state index in [4.69, 9.17) is 18.0 Å². The Balaban J connectivity index is 4.31. The van der Waals surface area contributed by atoms with E-state index in [1.54, 1.807) is 6.92 Å². The molecular formula is C10H20N2O3S2. The van der Waals surface area contributed by atoms with Gasteiger partial charge in [-0.2, -0.15) is 0 Å². The van der Waals surface area contributed by atoms with Crippen LogP contribution in [0.25, 0.3) is 0 Å². The molecule has 0 aromatic heterocycles. The van der Waals surface area contributed by atoms with Crippen LogP contribution in [-0.2, 0) is 14.6 Å². The lowest BCUT2D eigenvalue weighted by Crippen LogP contribution is -2.42. The first kappa shape index (κ1) is 16.3. The Morgan fingerprint density at radius 1 is 1.41 bits per heavy atom. The van der Waals surface area contributed by atoms with Gasteiger partial charge in [0.25, 0.3) is 0 Å². The van der Waals surface area contributed by atoms with E-state index in [0.717, 1.165) is 0 Å². The second-order valence-corrected chi connectivity index (χ2v) is 7.10. The minimum absolute atomic E-state index is 0.00437. The molecule has 0 rings (SSSR count). The zero-order chi connectivity index (χ0) is 13.6. The largest absolute Gasteiger partial charge is 0.393 e. The third-order valence-electron chi connectivity index (χ3n) is 2.41. The van der Waals surface area contributed by atoms with Crippen molar-refractivity contribution in [1.29, 1.82) is 0 Å². The van der Waals surface area contributed by atoms with Crippen LogP contribution in [0.3, 0.4) is 0 Å². The van der Waals surface area contributed by atoms with Crippen molar-refractivity contribution in [2.45, 2.75) is 20.8 Å². The summed E-state index contributed by atoms with van der Waals surface area (Å²) in [7, 11) is -3.06.